The minimum absolute atomic E-state index is 0.0715. The molecule has 2 heterocycles. The molecule has 6 nitrogen and oxygen atoms in total. The fourth-order valence-corrected chi connectivity index (χ4v) is 4.23. The average molecular weight is 381 g/mol. The third-order valence-electron chi connectivity index (χ3n) is 4.60. The Morgan fingerprint density at radius 3 is 2.89 bits per heavy atom. The normalized spacial score (nSPS) is 16.9. The van der Waals surface area contributed by atoms with E-state index < -0.39 is 0 Å². The van der Waals surface area contributed by atoms with Crippen molar-refractivity contribution in [2.24, 2.45) is 0 Å². The van der Waals surface area contributed by atoms with Crippen molar-refractivity contribution < 1.29 is 14.9 Å². The van der Waals surface area contributed by atoms with Crippen LogP contribution in [0.15, 0.2) is 42.5 Å². The molecule has 1 fully saturated rings. The van der Waals surface area contributed by atoms with Crippen molar-refractivity contribution in [3.8, 4) is 10.6 Å². The van der Waals surface area contributed by atoms with Gasteiger partial charge >= 0.3 is 0 Å². The standard InChI is InChI=1S/C20H20N4O2S/c1-12-2-7-15-17(10-12)27-20(24-15)13-3-5-14(6-4-13)23-18(25)11-16-19(26)22-9-8-21-16/h2-7,10,16,21H,8-9,11H2,1H3,(H,22,26)(H,23,25)/p+1/t16-/m0/s1. The molecule has 1 atom stereocenters. The maximum absolute atomic E-state index is 12.2. The average Bonchev–Trinajstić information content (AvgIpc) is 3.07. The van der Waals surface area contributed by atoms with Crippen molar-refractivity contribution in [2.75, 3.05) is 18.4 Å². The predicted molar refractivity (Wildman–Crippen MR) is 107 cm³/mol. The number of carbonyl (C=O) groups is 2. The molecule has 0 radical (unpaired) electrons. The predicted octanol–water partition coefficient (Wildman–Crippen LogP) is 1.66. The van der Waals surface area contributed by atoms with E-state index in [1.165, 1.54) is 10.3 Å². The molecule has 1 aliphatic heterocycles. The number of hydrogen-bond donors (Lipinski definition) is 3. The lowest BCUT2D eigenvalue weighted by Crippen LogP contribution is -2.96. The summed E-state index contributed by atoms with van der Waals surface area (Å²) in [6, 6.07) is 13.6. The van der Waals surface area contributed by atoms with Gasteiger partial charge in [0.1, 0.15) is 5.01 Å². The fourth-order valence-electron chi connectivity index (χ4n) is 3.16. The summed E-state index contributed by atoms with van der Waals surface area (Å²) in [7, 11) is 0. The second-order valence-electron chi connectivity index (χ2n) is 6.74. The highest BCUT2D eigenvalue weighted by atomic mass is 32.1. The second-order valence-corrected chi connectivity index (χ2v) is 7.77. The number of nitrogens with two attached hydrogens (primary N) is 1. The number of anilines is 1. The van der Waals surface area contributed by atoms with E-state index in [4.69, 9.17) is 0 Å². The number of rotatable bonds is 4. The number of aryl methyl sites for hydroxylation is 1. The summed E-state index contributed by atoms with van der Waals surface area (Å²) in [6.07, 6.45) is 0.171. The van der Waals surface area contributed by atoms with Crippen LogP contribution in [0, 0.1) is 6.92 Å². The number of piperazine rings is 1. The van der Waals surface area contributed by atoms with Gasteiger partial charge in [-0.2, -0.15) is 0 Å². The Hall–Kier alpha value is -2.77. The fraction of sp³-hybridized carbons (Fsp3) is 0.250. The zero-order valence-electron chi connectivity index (χ0n) is 15.0. The number of amides is 2. The highest BCUT2D eigenvalue weighted by Gasteiger charge is 2.27. The van der Waals surface area contributed by atoms with E-state index in [9.17, 15) is 9.59 Å². The smallest absolute Gasteiger partial charge is 0.278 e. The number of benzene rings is 2. The van der Waals surface area contributed by atoms with Crippen LogP contribution >= 0.6 is 11.3 Å². The molecule has 2 aromatic carbocycles. The summed E-state index contributed by atoms with van der Waals surface area (Å²) in [5.41, 5.74) is 3.96. The van der Waals surface area contributed by atoms with Gasteiger partial charge in [0.2, 0.25) is 5.91 Å². The highest BCUT2D eigenvalue weighted by Crippen LogP contribution is 2.31. The summed E-state index contributed by atoms with van der Waals surface area (Å²) in [5, 5.41) is 8.53. The van der Waals surface area contributed by atoms with E-state index >= 15 is 0 Å². The van der Waals surface area contributed by atoms with Gasteiger partial charge in [-0.1, -0.05) is 6.07 Å². The van der Waals surface area contributed by atoms with Crippen LogP contribution in [0.1, 0.15) is 12.0 Å². The molecule has 0 aliphatic carbocycles. The van der Waals surface area contributed by atoms with Gasteiger partial charge < -0.3 is 16.0 Å². The molecule has 4 N–H and O–H groups in total. The largest absolute Gasteiger partial charge is 0.345 e. The monoisotopic (exact) mass is 381 g/mol. The topological polar surface area (TPSA) is 87.7 Å². The zero-order valence-corrected chi connectivity index (χ0v) is 15.8. The molecule has 3 aromatic rings. The molecule has 4 rings (SSSR count). The lowest BCUT2D eigenvalue weighted by atomic mass is 10.1. The van der Waals surface area contributed by atoms with E-state index in [1.54, 1.807) is 11.3 Å². The molecule has 0 spiro atoms. The minimum atomic E-state index is -0.343. The summed E-state index contributed by atoms with van der Waals surface area (Å²) in [6.45, 7) is 3.54. The molecular formula is C20H21N4O2S+. The molecule has 7 heteroatoms. The quantitative estimate of drug-likeness (QED) is 0.642. The molecule has 1 saturated heterocycles. The van der Waals surface area contributed by atoms with Crippen LogP contribution in [-0.2, 0) is 9.59 Å². The van der Waals surface area contributed by atoms with Gasteiger partial charge in [-0.3, -0.25) is 9.59 Å². The van der Waals surface area contributed by atoms with Crippen LogP contribution in [0.3, 0.4) is 0 Å². The summed E-state index contributed by atoms with van der Waals surface area (Å²) < 4.78 is 1.17. The van der Waals surface area contributed by atoms with Gasteiger partial charge in [0.05, 0.1) is 29.7 Å². The van der Waals surface area contributed by atoms with Crippen LogP contribution < -0.4 is 16.0 Å². The number of nitrogens with zero attached hydrogens (tertiary/aromatic N) is 1. The van der Waals surface area contributed by atoms with Crippen molar-refractivity contribution in [2.45, 2.75) is 19.4 Å². The van der Waals surface area contributed by atoms with Crippen LogP contribution in [0.4, 0.5) is 5.69 Å². The van der Waals surface area contributed by atoms with Gasteiger partial charge in [-0.05, 0) is 48.9 Å². The Bertz CT molecular complexity index is 997. The number of fused-ring (bicyclic) bond motifs is 1. The molecule has 2 amide bonds. The molecule has 0 unspecified atom stereocenters. The van der Waals surface area contributed by atoms with Gasteiger partial charge in [0.15, 0.2) is 6.04 Å². The van der Waals surface area contributed by atoms with E-state index in [0.717, 1.165) is 28.3 Å². The summed E-state index contributed by atoms with van der Waals surface area (Å²) >= 11 is 1.66. The molecule has 1 aromatic heterocycles. The first kappa shape index (κ1) is 17.6. The Labute approximate surface area is 161 Å². The van der Waals surface area contributed by atoms with Gasteiger partial charge in [-0.25, -0.2) is 4.98 Å². The van der Waals surface area contributed by atoms with Crippen molar-refractivity contribution in [3.63, 3.8) is 0 Å². The van der Waals surface area contributed by atoms with E-state index in [1.807, 2.05) is 35.6 Å². The highest BCUT2D eigenvalue weighted by molar-refractivity contribution is 7.21. The number of quaternary nitrogens is 1. The molecule has 0 bridgehead atoms. The van der Waals surface area contributed by atoms with Gasteiger partial charge in [0, 0.05) is 11.3 Å². The maximum atomic E-state index is 12.2. The van der Waals surface area contributed by atoms with Crippen LogP contribution in [0.2, 0.25) is 0 Å². The van der Waals surface area contributed by atoms with Gasteiger partial charge in [0.25, 0.3) is 5.91 Å². The Morgan fingerprint density at radius 2 is 2.11 bits per heavy atom. The lowest BCUT2D eigenvalue weighted by molar-refractivity contribution is -0.678. The Morgan fingerprint density at radius 1 is 1.30 bits per heavy atom. The SMILES string of the molecule is Cc1ccc2nc(-c3ccc(NC(=O)C[C@@H]4[NH2+]CCNC4=O)cc3)sc2c1. The third kappa shape index (κ3) is 3.99. The first-order valence-electron chi connectivity index (χ1n) is 8.97. The molecule has 0 saturated carbocycles. The van der Waals surface area contributed by atoms with Crippen molar-refractivity contribution >= 4 is 39.1 Å². The molecule has 138 valence electrons. The first-order valence-corrected chi connectivity index (χ1v) is 9.79. The third-order valence-corrected chi connectivity index (χ3v) is 5.66. The van der Waals surface area contributed by atoms with Gasteiger partial charge in [-0.15, -0.1) is 11.3 Å². The second kappa shape index (κ2) is 7.46. The number of aromatic nitrogens is 1. The zero-order chi connectivity index (χ0) is 18.8. The van der Waals surface area contributed by atoms with E-state index in [0.29, 0.717) is 6.54 Å². The minimum Gasteiger partial charge on any atom is -0.345 e. The maximum Gasteiger partial charge on any atom is 0.278 e. The number of hydrogen-bond acceptors (Lipinski definition) is 4. The van der Waals surface area contributed by atoms with E-state index in [2.05, 4.69) is 34.7 Å². The van der Waals surface area contributed by atoms with E-state index in [-0.39, 0.29) is 24.3 Å². The lowest BCUT2D eigenvalue weighted by Gasteiger charge is -2.19. The number of nitrogens with one attached hydrogen (secondary N) is 2. The first-order chi connectivity index (χ1) is 13.1. The Balaban J connectivity index is 1.43. The summed E-state index contributed by atoms with van der Waals surface area (Å²) in [4.78, 5) is 28.6. The van der Waals surface area contributed by atoms with Crippen molar-refractivity contribution in [1.82, 2.24) is 10.3 Å². The van der Waals surface area contributed by atoms with Crippen molar-refractivity contribution in [3.05, 3.63) is 48.0 Å². The number of carbonyl (C=O) groups excluding carboxylic acids is 2. The summed E-state index contributed by atoms with van der Waals surface area (Å²) in [5.74, 6) is -0.227. The molecule has 27 heavy (non-hydrogen) atoms. The number of thiazole rings is 1. The van der Waals surface area contributed by atoms with Crippen molar-refractivity contribution in [1.29, 1.82) is 0 Å². The van der Waals surface area contributed by atoms with Crippen LogP contribution in [0.5, 0.6) is 0 Å². The van der Waals surface area contributed by atoms with Crippen LogP contribution in [0.25, 0.3) is 20.8 Å². The molecular weight excluding hydrogens is 360 g/mol. The Kier molecular flexibility index (Phi) is 4.87. The molecule has 1 aliphatic rings. The van der Waals surface area contributed by atoms with Crippen LogP contribution in [-0.4, -0.2) is 35.9 Å².